The standard InChI is InChI=1S/C6H7N.Cu/c1-7-5-3-2-4-6-7;/h2-5H,1H3;/q;+1. The van der Waals surface area contributed by atoms with Crippen LogP contribution >= 0.6 is 0 Å². The Morgan fingerprint density at radius 3 is 2.38 bits per heavy atom. The van der Waals surface area contributed by atoms with Crippen LogP contribution in [-0.2, 0) is 24.1 Å². The Kier molecular flexibility index (Phi) is 3.49. The second-order valence-electron chi connectivity index (χ2n) is 1.44. The Morgan fingerprint density at radius 2 is 2.12 bits per heavy atom. The molecule has 2 heteroatoms. The largest absolute Gasteiger partial charge is 1.00 e. The van der Waals surface area contributed by atoms with Crippen LogP contribution in [0.25, 0.3) is 0 Å². The molecule has 0 aliphatic carbocycles. The van der Waals surface area contributed by atoms with E-state index in [4.69, 9.17) is 0 Å². The summed E-state index contributed by atoms with van der Waals surface area (Å²) in [6, 6.07) is 5.79. The Hall–Kier alpha value is -0.331. The number of aryl methyl sites for hydroxylation is 1. The zero-order valence-electron chi connectivity index (χ0n) is 4.56. The summed E-state index contributed by atoms with van der Waals surface area (Å²) in [4.78, 5) is 0. The summed E-state index contributed by atoms with van der Waals surface area (Å²) in [6.45, 7) is 0. The Labute approximate surface area is 59.8 Å². The van der Waals surface area contributed by atoms with Crippen LogP contribution in [0.15, 0.2) is 24.4 Å². The van der Waals surface area contributed by atoms with E-state index in [0.717, 1.165) is 0 Å². The molecular weight excluding hydrogens is 150 g/mol. The van der Waals surface area contributed by atoms with Gasteiger partial charge in [-0.2, -0.15) is 6.07 Å². The molecular formula is C6H7CuN+. The molecule has 8 heavy (non-hydrogen) atoms. The van der Waals surface area contributed by atoms with Crippen molar-refractivity contribution in [3.63, 3.8) is 0 Å². The van der Waals surface area contributed by atoms with Crippen molar-refractivity contribution in [3.8, 4) is 0 Å². The molecule has 0 saturated carbocycles. The predicted octanol–water partition coefficient (Wildman–Crippen LogP) is 0.309. The van der Waals surface area contributed by atoms with Crippen LogP contribution in [0.2, 0.25) is 0 Å². The van der Waals surface area contributed by atoms with Crippen LogP contribution in [0.5, 0.6) is 0 Å². The van der Waals surface area contributed by atoms with Gasteiger partial charge in [-0.15, -0.1) is 12.1 Å². The molecule has 0 bridgehead atoms. The van der Waals surface area contributed by atoms with Gasteiger partial charge in [0.15, 0.2) is 0 Å². The molecule has 46 valence electrons. The Bertz CT molecular complexity index is 138. The quantitative estimate of drug-likeness (QED) is 0.289. The summed E-state index contributed by atoms with van der Waals surface area (Å²) in [5.74, 6) is 0. The summed E-state index contributed by atoms with van der Waals surface area (Å²) in [5, 5.41) is 0. The molecule has 1 aromatic rings. The topological polar surface area (TPSA) is 3.88 Å². The SMILES string of the molecule is C[n+]1[c-]cccc1.[Cu+]. The van der Waals surface area contributed by atoms with Gasteiger partial charge in [0.25, 0.3) is 0 Å². The van der Waals surface area contributed by atoms with Gasteiger partial charge in [0.1, 0.15) is 13.2 Å². The number of hydrogen-bond donors (Lipinski definition) is 0. The molecule has 0 fully saturated rings. The summed E-state index contributed by atoms with van der Waals surface area (Å²) in [6.07, 6.45) is 4.89. The predicted molar refractivity (Wildman–Crippen MR) is 26.5 cm³/mol. The summed E-state index contributed by atoms with van der Waals surface area (Å²) in [5.41, 5.74) is 0. The van der Waals surface area contributed by atoms with Gasteiger partial charge in [-0.1, -0.05) is 0 Å². The first-order chi connectivity index (χ1) is 3.39. The summed E-state index contributed by atoms with van der Waals surface area (Å²) >= 11 is 0. The van der Waals surface area contributed by atoms with Crippen molar-refractivity contribution in [2.45, 2.75) is 0 Å². The maximum atomic E-state index is 2.95. The van der Waals surface area contributed by atoms with Crippen LogP contribution in [0.4, 0.5) is 0 Å². The van der Waals surface area contributed by atoms with Crippen molar-refractivity contribution >= 4 is 0 Å². The van der Waals surface area contributed by atoms with E-state index in [9.17, 15) is 0 Å². The summed E-state index contributed by atoms with van der Waals surface area (Å²) in [7, 11) is 1.94. The third-order valence-corrected chi connectivity index (χ3v) is 0.795. The molecule has 0 radical (unpaired) electrons. The molecule has 0 atom stereocenters. The average molecular weight is 157 g/mol. The first-order valence-corrected chi connectivity index (χ1v) is 2.22. The normalized spacial score (nSPS) is 7.62. The van der Waals surface area contributed by atoms with Gasteiger partial charge in [0.05, 0.1) is 6.20 Å². The molecule has 0 saturated heterocycles. The minimum atomic E-state index is 0. The van der Waals surface area contributed by atoms with Crippen molar-refractivity contribution in [1.82, 2.24) is 0 Å². The van der Waals surface area contributed by atoms with Gasteiger partial charge in [0, 0.05) is 0 Å². The third kappa shape index (κ3) is 2.10. The fourth-order valence-corrected chi connectivity index (χ4v) is 0.438. The third-order valence-electron chi connectivity index (χ3n) is 0.795. The van der Waals surface area contributed by atoms with Crippen LogP contribution in [0.1, 0.15) is 0 Å². The first kappa shape index (κ1) is 7.67. The molecule has 0 aliphatic heterocycles. The number of rotatable bonds is 0. The molecule has 0 N–H and O–H groups in total. The molecule has 0 unspecified atom stereocenters. The fourth-order valence-electron chi connectivity index (χ4n) is 0.438. The molecule has 0 amide bonds. The van der Waals surface area contributed by atoms with E-state index in [1.54, 1.807) is 0 Å². The van der Waals surface area contributed by atoms with E-state index in [0.29, 0.717) is 0 Å². The zero-order chi connectivity index (χ0) is 5.11. The van der Waals surface area contributed by atoms with E-state index >= 15 is 0 Å². The molecule has 1 rings (SSSR count). The van der Waals surface area contributed by atoms with Crippen LogP contribution in [-0.4, -0.2) is 0 Å². The van der Waals surface area contributed by atoms with E-state index in [1.807, 2.05) is 36.0 Å². The second kappa shape index (κ2) is 3.64. The number of hydrogen-bond acceptors (Lipinski definition) is 0. The van der Waals surface area contributed by atoms with Gasteiger partial charge >= 0.3 is 17.1 Å². The zero-order valence-corrected chi connectivity index (χ0v) is 5.50. The molecule has 0 aliphatic rings. The maximum absolute atomic E-state index is 2.95. The van der Waals surface area contributed by atoms with Crippen LogP contribution < -0.4 is 4.57 Å². The van der Waals surface area contributed by atoms with Crippen molar-refractivity contribution in [2.24, 2.45) is 7.05 Å². The molecule has 0 spiro atoms. The molecule has 0 aromatic carbocycles. The second-order valence-corrected chi connectivity index (χ2v) is 1.44. The minimum absolute atomic E-state index is 0. The molecule has 1 heterocycles. The van der Waals surface area contributed by atoms with Crippen molar-refractivity contribution < 1.29 is 21.6 Å². The molecule has 1 aromatic heterocycles. The van der Waals surface area contributed by atoms with Crippen LogP contribution in [0, 0.1) is 6.20 Å². The van der Waals surface area contributed by atoms with Gasteiger partial charge in [-0.25, -0.2) is 0 Å². The van der Waals surface area contributed by atoms with Crippen molar-refractivity contribution in [1.29, 1.82) is 0 Å². The van der Waals surface area contributed by atoms with Crippen LogP contribution in [0.3, 0.4) is 0 Å². The Balaban J connectivity index is 0.000000490. The number of aromatic nitrogens is 1. The Morgan fingerprint density at radius 1 is 1.38 bits per heavy atom. The first-order valence-electron chi connectivity index (χ1n) is 2.22. The van der Waals surface area contributed by atoms with Gasteiger partial charge in [-0.05, 0) is 0 Å². The number of pyridine rings is 1. The van der Waals surface area contributed by atoms with Crippen molar-refractivity contribution in [3.05, 3.63) is 30.6 Å². The van der Waals surface area contributed by atoms with E-state index in [-0.39, 0.29) is 17.1 Å². The maximum Gasteiger partial charge on any atom is 1.00 e. The van der Waals surface area contributed by atoms with Crippen molar-refractivity contribution in [2.75, 3.05) is 0 Å². The number of nitrogens with zero attached hydrogens (tertiary/aromatic N) is 1. The van der Waals surface area contributed by atoms with Gasteiger partial charge < -0.3 is 4.57 Å². The van der Waals surface area contributed by atoms with Gasteiger partial charge in [0.2, 0.25) is 0 Å². The summed E-state index contributed by atoms with van der Waals surface area (Å²) < 4.78 is 1.88. The smallest absolute Gasteiger partial charge is 0.313 e. The van der Waals surface area contributed by atoms with E-state index < -0.39 is 0 Å². The fraction of sp³-hybridized carbons (Fsp3) is 0.167. The van der Waals surface area contributed by atoms with E-state index in [1.165, 1.54) is 0 Å². The monoisotopic (exact) mass is 156 g/mol. The minimum Gasteiger partial charge on any atom is -0.313 e. The molecule has 1 nitrogen and oxygen atoms in total. The average Bonchev–Trinajstić information content (AvgIpc) is 1.69. The van der Waals surface area contributed by atoms with Gasteiger partial charge in [-0.3, -0.25) is 0 Å². The van der Waals surface area contributed by atoms with E-state index in [2.05, 4.69) is 6.20 Å².